The fraction of sp³-hybridized carbons (Fsp3) is 0.714. The molecule has 20 heavy (non-hydrogen) atoms. The number of hydrogen-bond donors (Lipinski definition) is 1. The largest absolute Gasteiger partial charge is 0.381 e. The van der Waals surface area contributed by atoms with Gasteiger partial charge in [0.05, 0.1) is 12.3 Å². The molecule has 5 nitrogen and oxygen atoms in total. The Morgan fingerprint density at radius 2 is 2.40 bits per heavy atom. The van der Waals surface area contributed by atoms with Crippen molar-refractivity contribution in [1.82, 2.24) is 9.88 Å². The van der Waals surface area contributed by atoms with E-state index < -0.39 is 0 Å². The summed E-state index contributed by atoms with van der Waals surface area (Å²) in [5.74, 6) is 1.11. The van der Waals surface area contributed by atoms with Gasteiger partial charge in [0.1, 0.15) is 0 Å². The molecule has 1 N–H and O–H groups in total. The third kappa shape index (κ3) is 3.30. The van der Waals surface area contributed by atoms with Crippen LogP contribution in [0.4, 0.5) is 9.93 Å². The lowest BCUT2D eigenvalue weighted by Crippen LogP contribution is -2.33. The minimum absolute atomic E-state index is 0.0271. The number of urea groups is 1. The van der Waals surface area contributed by atoms with Crippen molar-refractivity contribution < 1.29 is 9.53 Å². The highest BCUT2D eigenvalue weighted by Crippen LogP contribution is 2.40. The van der Waals surface area contributed by atoms with Crippen LogP contribution in [0.2, 0.25) is 0 Å². The number of carbonyl (C=O) groups excluding carboxylic acids is 1. The lowest BCUT2D eigenvalue weighted by molar-refractivity contribution is 0.113. The van der Waals surface area contributed by atoms with E-state index in [2.05, 4.69) is 15.7 Å². The van der Waals surface area contributed by atoms with Crippen molar-refractivity contribution in [2.45, 2.75) is 32.1 Å². The summed E-state index contributed by atoms with van der Waals surface area (Å²) in [7, 11) is 0. The molecule has 1 aromatic heterocycles. The molecular formula is C14H21N3O2S. The van der Waals surface area contributed by atoms with Crippen LogP contribution in [-0.2, 0) is 4.74 Å². The fourth-order valence-electron chi connectivity index (χ4n) is 2.52. The molecule has 3 rings (SSSR count). The highest BCUT2D eigenvalue weighted by molar-refractivity contribution is 7.13. The number of nitrogens with zero attached hydrogens (tertiary/aromatic N) is 2. The van der Waals surface area contributed by atoms with Gasteiger partial charge in [-0.3, -0.25) is 5.32 Å². The van der Waals surface area contributed by atoms with Crippen molar-refractivity contribution >= 4 is 22.5 Å². The number of amides is 2. The molecule has 0 unspecified atom stereocenters. The monoisotopic (exact) mass is 295 g/mol. The summed E-state index contributed by atoms with van der Waals surface area (Å²) in [5, 5.41) is 5.71. The third-order valence-corrected chi connectivity index (χ3v) is 4.64. The molecule has 1 saturated heterocycles. The summed E-state index contributed by atoms with van der Waals surface area (Å²) in [6, 6.07) is -0.0271. The van der Waals surface area contributed by atoms with E-state index in [1.807, 2.05) is 11.8 Å². The van der Waals surface area contributed by atoms with Gasteiger partial charge in [0.15, 0.2) is 5.13 Å². The highest BCUT2D eigenvalue weighted by atomic mass is 32.1. The Balaban J connectivity index is 1.48. The molecule has 2 fully saturated rings. The number of rotatable bonds is 5. The second-order valence-electron chi connectivity index (χ2n) is 5.54. The molecule has 1 aromatic rings. The molecule has 0 bridgehead atoms. The maximum Gasteiger partial charge on any atom is 0.323 e. The highest BCUT2D eigenvalue weighted by Gasteiger charge is 2.28. The zero-order valence-corrected chi connectivity index (χ0v) is 12.6. The first-order chi connectivity index (χ1) is 9.76. The summed E-state index contributed by atoms with van der Waals surface area (Å²) in [4.78, 5) is 18.5. The number of hydrogen-bond acceptors (Lipinski definition) is 4. The number of nitrogens with one attached hydrogen (secondary N) is 1. The van der Waals surface area contributed by atoms with Crippen LogP contribution in [0.25, 0.3) is 0 Å². The van der Waals surface area contributed by atoms with Crippen LogP contribution in [0.3, 0.4) is 0 Å². The van der Waals surface area contributed by atoms with Crippen LogP contribution in [0.15, 0.2) is 5.38 Å². The van der Waals surface area contributed by atoms with Crippen LogP contribution < -0.4 is 5.32 Å². The van der Waals surface area contributed by atoms with E-state index in [4.69, 9.17) is 4.74 Å². The van der Waals surface area contributed by atoms with Gasteiger partial charge < -0.3 is 9.64 Å². The van der Waals surface area contributed by atoms with Gasteiger partial charge in [-0.2, -0.15) is 0 Å². The summed E-state index contributed by atoms with van der Waals surface area (Å²) in [6.45, 7) is 5.09. The molecular weight excluding hydrogens is 274 g/mol. The van der Waals surface area contributed by atoms with Gasteiger partial charge in [-0.05, 0) is 26.2 Å². The first-order valence-electron chi connectivity index (χ1n) is 7.35. The molecule has 1 atom stereocenters. The minimum Gasteiger partial charge on any atom is -0.381 e. The topological polar surface area (TPSA) is 54.5 Å². The third-order valence-electron chi connectivity index (χ3n) is 3.86. The number of likely N-dealkylation sites (tertiary alicyclic amines) is 1. The number of ether oxygens (including phenoxy) is 1. The predicted octanol–water partition coefficient (Wildman–Crippen LogP) is 2.91. The standard InChI is InChI=1S/C14H21N3O2S/c1-2-19-8-10-5-6-17(7-10)14(18)16-13-15-12(9-20-13)11-3-4-11/h9-11H,2-8H2,1H3,(H,15,16,18)/t10-/m0/s1. The Morgan fingerprint density at radius 3 is 3.15 bits per heavy atom. The van der Waals surface area contributed by atoms with Gasteiger partial charge in [-0.1, -0.05) is 0 Å². The SMILES string of the molecule is CCOC[C@H]1CCN(C(=O)Nc2nc(C3CC3)cs2)C1. The average molecular weight is 295 g/mol. The molecule has 2 amide bonds. The van der Waals surface area contributed by atoms with E-state index in [0.29, 0.717) is 11.8 Å². The maximum atomic E-state index is 12.2. The van der Waals surface area contributed by atoms with Crippen molar-refractivity contribution in [3.8, 4) is 0 Å². The van der Waals surface area contributed by atoms with Crippen LogP contribution >= 0.6 is 11.3 Å². The first kappa shape index (κ1) is 13.8. The van der Waals surface area contributed by atoms with Gasteiger partial charge in [-0.15, -0.1) is 11.3 Å². The molecule has 0 spiro atoms. The predicted molar refractivity (Wildman–Crippen MR) is 79.3 cm³/mol. The fourth-order valence-corrected chi connectivity index (χ4v) is 3.30. The quantitative estimate of drug-likeness (QED) is 0.908. The Bertz CT molecular complexity index is 473. The Kier molecular flexibility index (Phi) is 4.21. The second-order valence-corrected chi connectivity index (χ2v) is 6.40. The molecule has 6 heteroatoms. The van der Waals surface area contributed by atoms with Crippen LogP contribution in [0, 0.1) is 5.92 Å². The summed E-state index contributed by atoms with van der Waals surface area (Å²) in [6.07, 6.45) is 3.50. The van der Waals surface area contributed by atoms with Crippen LogP contribution in [0.5, 0.6) is 0 Å². The molecule has 2 heterocycles. The van der Waals surface area contributed by atoms with E-state index >= 15 is 0 Å². The van der Waals surface area contributed by atoms with E-state index in [1.165, 1.54) is 24.2 Å². The zero-order chi connectivity index (χ0) is 13.9. The first-order valence-corrected chi connectivity index (χ1v) is 8.23. The minimum atomic E-state index is -0.0271. The lowest BCUT2D eigenvalue weighted by Gasteiger charge is -2.16. The van der Waals surface area contributed by atoms with Crippen LogP contribution in [0.1, 0.15) is 37.8 Å². The van der Waals surface area contributed by atoms with Crippen LogP contribution in [-0.4, -0.2) is 42.2 Å². The Morgan fingerprint density at radius 1 is 1.55 bits per heavy atom. The number of thiazole rings is 1. The normalized spacial score (nSPS) is 22.2. The lowest BCUT2D eigenvalue weighted by atomic mass is 10.1. The van der Waals surface area contributed by atoms with Gasteiger partial charge >= 0.3 is 6.03 Å². The Labute approximate surface area is 123 Å². The molecule has 0 aromatic carbocycles. The molecule has 110 valence electrons. The van der Waals surface area contributed by atoms with E-state index in [9.17, 15) is 4.79 Å². The molecule has 1 aliphatic carbocycles. The summed E-state index contributed by atoms with van der Waals surface area (Å²) in [5.41, 5.74) is 1.14. The molecule has 2 aliphatic rings. The van der Waals surface area contributed by atoms with Gasteiger partial charge in [0, 0.05) is 36.9 Å². The zero-order valence-electron chi connectivity index (χ0n) is 11.8. The Hall–Kier alpha value is -1.14. The van der Waals surface area contributed by atoms with Gasteiger partial charge in [-0.25, -0.2) is 9.78 Å². The number of aromatic nitrogens is 1. The van der Waals surface area contributed by atoms with Crippen molar-refractivity contribution in [2.24, 2.45) is 5.92 Å². The smallest absolute Gasteiger partial charge is 0.323 e. The van der Waals surface area contributed by atoms with E-state index in [-0.39, 0.29) is 6.03 Å². The number of anilines is 1. The summed E-state index contributed by atoms with van der Waals surface area (Å²) >= 11 is 1.53. The maximum absolute atomic E-state index is 12.2. The summed E-state index contributed by atoms with van der Waals surface area (Å²) < 4.78 is 5.43. The number of carbonyl (C=O) groups is 1. The van der Waals surface area contributed by atoms with Crippen molar-refractivity contribution in [1.29, 1.82) is 0 Å². The second kappa shape index (κ2) is 6.10. The average Bonchev–Trinajstić information content (AvgIpc) is 3.01. The van der Waals surface area contributed by atoms with Crippen molar-refractivity contribution in [3.63, 3.8) is 0 Å². The van der Waals surface area contributed by atoms with E-state index in [1.54, 1.807) is 0 Å². The van der Waals surface area contributed by atoms with Gasteiger partial charge in [0.2, 0.25) is 0 Å². The molecule has 1 saturated carbocycles. The van der Waals surface area contributed by atoms with Crippen molar-refractivity contribution in [2.75, 3.05) is 31.6 Å². The molecule has 0 radical (unpaired) electrons. The van der Waals surface area contributed by atoms with Gasteiger partial charge in [0.25, 0.3) is 0 Å². The van der Waals surface area contributed by atoms with Crippen molar-refractivity contribution in [3.05, 3.63) is 11.1 Å². The van der Waals surface area contributed by atoms with E-state index in [0.717, 1.165) is 43.5 Å². The molecule has 1 aliphatic heterocycles.